The summed E-state index contributed by atoms with van der Waals surface area (Å²) in [4.78, 5) is 30.8. The van der Waals surface area contributed by atoms with E-state index < -0.39 is 10.8 Å². The number of rotatable bonds is 5. The average Bonchev–Trinajstić information content (AvgIpc) is 3.28. The summed E-state index contributed by atoms with van der Waals surface area (Å²) in [7, 11) is 0. The molecular formula is C26H24N4O4. The minimum Gasteiger partial charge on any atom is -0.436 e. The predicted molar refractivity (Wildman–Crippen MR) is 131 cm³/mol. The summed E-state index contributed by atoms with van der Waals surface area (Å²) in [6.07, 6.45) is 3.15. The number of anilines is 2. The van der Waals surface area contributed by atoms with E-state index in [1.165, 1.54) is 6.07 Å². The summed E-state index contributed by atoms with van der Waals surface area (Å²) >= 11 is 0. The first-order valence-corrected chi connectivity index (χ1v) is 11.3. The molecule has 0 spiro atoms. The summed E-state index contributed by atoms with van der Waals surface area (Å²) in [6, 6.07) is 17.7. The summed E-state index contributed by atoms with van der Waals surface area (Å²) < 4.78 is 5.86. The Morgan fingerprint density at radius 3 is 2.65 bits per heavy atom. The number of carbonyl (C=O) groups excluding carboxylic acids is 1. The second kappa shape index (κ2) is 8.97. The molecule has 1 aliphatic heterocycles. The lowest BCUT2D eigenvalue weighted by atomic mass is 10.1. The zero-order valence-electron chi connectivity index (χ0n) is 18.8. The van der Waals surface area contributed by atoms with Crippen LogP contribution in [0.5, 0.6) is 0 Å². The van der Waals surface area contributed by atoms with Crippen LogP contribution in [-0.2, 0) is 0 Å². The maximum Gasteiger partial charge on any atom is 0.293 e. The van der Waals surface area contributed by atoms with Crippen LogP contribution in [0.3, 0.4) is 0 Å². The SMILES string of the molecule is Cc1cccc(-c2nc3cc(NC(=O)c4ccc(N5CCCCC5)c([N+](=O)[O-])c4)ccc3o2)c1. The smallest absolute Gasteiger partial charge is 0.293 e. The first-order chi connectivity index (χ1) is 16.5. The fourth-order valence-electron chi connectivity index (χ4n) is 4.32. The molecule has 1 N–H and O–H groups in total. The summed E-state index contributed by atoms with van der Waals surface area (Å²) in [5.41, 5.74) is 4.48. The first kappa shape index (κ1) is 21.6. The van der Waals surface area contributed by atoms with E-state index in [1.807, 2.05) is 36.1 Å². The third-order valence-corrected chi connectivity index (χ3v) is 6.04. The molecule has 0 bridgehead atoms. The molecule has 5 rings (SSSR count). The van der Waals surface area contributed by atoms with Gasteiger partial charge in [0.1, 0.15) is 11.2 Å². The number of hydrogen-bond donors (Lipinski definition) is 1. The molecule has 0 radical (unpaired) electrons. The Kier molecular flexibility index (Phi) is 5.71. The lowest BCUT2D eigenvalue weighted by Gasteiger charge is -2.28. The molecule has 8 nitrogen and oxygen atoms in total. The van der Waals surface area contributed by atoms with Gasteiger partial charge in [-0.15, -0.1) is 0 Å². The summed E-state index contributed by atoms with van der Waals surface area (Å²) in [5, 5.41) is 14.5. The van der Waals surface area contributed by atoms with Gasteiger partial charge >= 0.3 is 0 Å². The number of aromatic nitrogens is 1. The topological polar surface area (TPSA) is 102 Å². The number of nitro benzene ring substituents is 1. The second-order valence-electron chi connectivity index (χ2n) is 8.53. The number of aryl methyl sites for hydroxylation is 1. The zero-order valence-corrected chi connectivity index (χ0v) is 18.8. The van der Waals surface area contributed by atoms with Gasteiger partial charge in [0.15, 0.2) is 5.58 Å². The Morgan fingerprint density at radius 1 is 1.06 bits per heavy atom. The average molecular weight is 457 g/mol. The van der Waals surface area contributed by atoms with E-state index in [9.17, 15) is 14.9 Å². The molecule has 1 aliphatic rings. The van der Waals surface area contributed by atoms with Crippen LogP contribution in [-0.4, -0.2) is 28.9 Å². The van der Waals surface area contributed by atoms with Gasteiger partial charge in [0, 0.05) is 36.0 Å². The maximum absolute atomic E-state index is 12.9. The Hall–Kier alpha value is -4.20. The lowest BCUT2D eigenvalue weighted by molar-refractivity contribution is -0.384. The van der Waals surface area contributed by atoms with Crippen LogP contribution in [0.4, 0.5) is 17.1 Å². The third-order valence-electron chi connectivity index (χ3n) is 6.04. The Bertz CT molecular complexity index is 1390. The van der Waals surface area contributed by atoms with Crippen LogP contribution in [0.1, 0.15) is 35.2 Å². The van der Waals surface area contributed by atoms with E-state index in [1.54, 1.807) is 30.3 Å². The summed E-state index contributed by atoms with van der Waals surface area (Å²) in [6.45, 7) is 3.58. The van der Waals surface area contributed by atoms with Crippen LogP contribution in [0.15, 0.2) is 65.1 Å². The molecule has 0 atom stereocenters. The molecule has 2 heterocycles. The van der Waals surface area contributed by atoms with Crippen LogP contribution < -0.4 is 10.2 Å². The van der Waals surface area contributed by atoms with Crippen molar-refractivity contribution in [1.82, 2.24) is 4.98 Å². The van der Waals surface area contributed by atoms with Gasteiger partial charge in [-0.05, 0) is 68.7 Å². The number of nitro groups is 1. The monoisotopic (exact) mass is 456 g/mol. The number of oxazole rings is 1. The number of nitrogens with one attached hydrogen (secondary N) is 1. The zero-order chi connectivity index (χ0) is 23.7. The van der Waals surface area contributed by atoms with Crippen molar-refractivity contribution in [3.8, 4) is 11.5 Å². The molecule has 3 aromatic carbocycles. The minimum absolute atomic E-state index is 0.0516. The molecule has 1 saturated heterocycles. The van der Waals surface area contributed by atoms with Gasteiger partial charge < -0.3 is 14.6 Å². The predicted octanol–water partition coefficient (Wildman–Crippen LogP) is 5.95. The lowest BCUT2D eigenvalue weighted by Crippen LogP contribution is -2.30. The molecule has 1 aromatic heterocycles. The van der Waals surface area contributed by atoms with Crippen molar-refractivity contribution in [2.45, 2.75) is 26.2 Å². The molecule has 1 fully saturated rings. The van der Waals surface area contributed by atoms with Crippen molar-refractivity contribution in [3.05, 3.63) is 81.9 Å². The fourth-order valence-corrected chi connectivity index (χ4v) is 4.32. The molecule has 4 aromatic rings. The molecule has 0 saturated carbocycles. The maximum atomic E-state index is 12.9. The van der Waals surface area contributed by atoms with Crippen molar-refractivity contribution in [3.63, 3.8) is 0 Å². The van der Waals surface area contributed by atoms with Gasteiger partial charge in [-0.3, -0.25) is 14.9 Å². The quantitative estimate of drug-likeness (QED) is 0.294. The van der Waals surface area contributed by atoms with Crippen molar-refractivity contribution in [2.75, 3.05) is 23.3 Å². The van der Waals surface area contributed by atoms with Crippen molar-refractivity contribution in [2.24, 2.45) is 0 Å². The fraction of sp³-hybridized carbons (Fsp3) is 0.231. The van der Waals surface area contributed by atoms with E-state index >= 15 is 0 Å². The summed E-state index contributed by atoms with van der Waals surface area (Å²) in [5.74, 6) is 0.0844. The number of hydrogen-bond acceptors (Lipinski definition) is 6. The standard InChI is InChI=1S/C26H24N4O4/c1-17-6-5-7-19(14-17)26-28-21-16-20(9-11-24(21)34-26)27-25(31)18-8-10-22(23(15-18)30(32)33)29-12-3-2-4-13-29/h5-11,14-16H,2-4,12-13H2,1H3,(H,27,31). The molecule has 0 aliphatic carbocycles. The first-order valence-electron chi connectivity index (χ1n) is 11.3. The van der Waals surface area contributed by atoms with E-state index in [4.69, 9.17) is 4.42 Å². The number of benzene rings is 3. The van der Waals surface area contributed by atoms with Crippen LogP contribution in [0.2, 0.25) is 0 Å². The number of nitrogens with zero attached hydrogens (tertiary/aromatic N) is 3. The Balaban J connectivity index is 1.38. The van der Waals surface area contributed by atoms with Crippen LogP contribution in [0.25, 0.3) is 22.6 Å². The number of piperidine rings is 1. The van der Waals surface area contributed by atoms with Crippen molar-refractivity contribution < 1.29 is 14.1 Å². The number of fused-ring (bicyclic) bond motifs is 1. The van der Waals surface area contributed by atoms with E-state index in [0.717, 1.165) is 43.5 Å². The molecule has 172 valence electrons. The normalized spacial score (nSPS) is 13.7. The Morgan fingerprint density at radius 2 is 1.88 bits per heavy atom. The highest BCUT2D eigenvalue weighted by atomic mass is 16.6. The van der Waals surface area contributed by atoms with E-state index in [-0.39, 0.29) is 11.3 Å². The molecule has 8 heteroatoms. The molecule has 1 amide bonds. The van der Waals surface area contributed by atoms with Crippen LogP contribution in [0, 0.1) is 17.0 Å². The van der Waals surface area contributed by atoms with Gasteiger partial charge in [-0.2, -0.15) is 0 Å². The van der Waals surface area contributed by atoms with Gasteiger partial charge in [-0.1, -0.05) is 17.7 Å². The van der Waals surface area contributed by atoms with Gasteiger partial charge in [0.25, 0.3) is 11.6 Å². The van der Waals surface area contributed by atoms with Crippen molar-refractivity contribution in [1.29, 1.82) is 0 Å². The van der Waals surface area contributed by atoms with E-state index in [2.05, 4.69) is 10.3 Å². The second-order valence-corrected chi connectivity index (χ2v) is 8.53. The largest absolute Gasteiger partial charge is 0.436 e. The van der Waals surface area contributed by atoms with Gasteiger partial charge in [0.2, 0.25) is 5.89 Å². The third kappa shape index (κ3) is 4.34. The van der Waals surface area contributed by atoms with Gasteiger partial charge in [-0.25, -0.2) is 4.98 Å². The van der Waals surface area contributed by atoms with Gasteiger partial charge in [0.05, 0.1) is 4.92 Å². The Labute approximate surface area is 196 Å². The highest BCUT2D eigenvalue weighted by molar-refractivity contribution is 6.05. The molecule has 0 unspecified atom stereocenters. The number of carbonyl (C=O) groups is 1. The van der Waals surface area contributed by atoms with Crippen LogP contribution >= 0.6 is 0 Å². The molecular weight excluding hydrogens is 432 g/mol. The van der Waals surface area contributed by atoms with Crippen molar-refractivity contribution >= 4 is 34.1 Å². The highest BCUT2D eigenvalue weighted by Gasteiger charge is 2.23. The minimum atomic E-state index is -0.422. The highest BCUT2D eigenvalue weighted by Crippen LogP contribution is 2.32. The van der Waals surface area contributed by atoms with E-state index in [0.29, 0.717) is 28.4 Å². The number of amides is 1. The molecule has 34 heavy (non-hydrogen) atoms.